The van der Waals surface area contributed by atoms with Crippen LogP contribution in [0.1, 0.15) is 18.5 Å². The summed E-state index contributed by atoms with van der Waals surface area (Å²) in [5.41, 5.74) is 1.27. The molecule has 1 saturated heterocycles. The summed E-state index contributed by atoms with van der Waals surface area (Å²) in [6.45, 7) is 4.63. The van der Waals surface area contributed by atoms with E-state index in [9.17, 15) is 4.79 Å². The highest BCUT2D eigenvalue weighted by Gasteiger charge is 2.29. The molecule has 2 unspecified atom stereocenters. The summed E-state index contributed by atoms with van der Waals surface area (Å²) in [6, 6.07) is 2.38. The van der Waals surface area contributed by atoms with Crippen molar-refractivity contribution in [2.45, 2.75) is 13.0 Å². The average Bonchev–Trinajstić information content (AvgIpc) is 2.79. The monoisotopic (exact) mass is 281 g/mol. The molecule has 1 amide bonds. The maximum atomic E-state index is 12.1. The fourth-order valence-electron chi connectivity index (χ4n) is 2.30. The molecule has 2 atom stereocenters. The molecular formula is C14H23N3OS. The van der Waals surface area contributed by atoms with Crippen molar-refractivity contribution in [3.63, 3.8) is 0 Å². The first-order valence-corrected chi connectivity index (χ1v) is 7.71. The smallest absolute Gasteiger partial charge is 0.223 e. The zero-order valence-corrected chi connectivity index (χ0v) is 12.7. The van der Waals surface area contributed by atoms with Crippen molar-refractivity contribution in [2.75, 3.05) is 33.7 Å². The summed E-state index contributed by atoms with van der Waals surface area (Å²) >= 11 is 1.70. The van der Waals surface area contributed by atoms with E-state index in [0.717, 1.165) is 13.1 Å². The van der Waals surface area contributed by atoms with Gasteiger partial charge in [-0.1, -0.05) is 6.92 Å². The topological polar surface area (TPSA) is 44.4 Å². The molecule has 1 fully saturated rings. The van der Waals surface area contributed by atoms with Gasteiger partial charge in [0.25, 0.3) is 0 Å². The molecule has 0 bridgehead atoms. The van der Waals surface area contributed by atoms with Crippen LogP contribution in [0, 0.1) is 11.8 Å². The van der Waals surface area contributed by atoms with Crippen LogP contribution in [-0.4, -0.2) is 44.5 Å². The van der Waals surface area contributed by atoms with Crippen molar-refractivity contribution in [3.8, 4) is 0 Å². The van der Waals surface area contributed by atoms with E-state index in [1.807, 2.05) is 21.0 Å². The Morgan fingerprint density at radius 1 is 1.58 bits per heavy atom. The number of amides is 1. The van der Waals surface area contributed by atoms with Crippen LogP contribution in [0.4, 0.5) is 0 Å². The lowest BCUT2D eigenvalue weighted by Crippen LogP contribution is -2.50. The van der Waals surface area contributed by atoms with Gasteiger partial charge in [0.15, 0.2) is 0 Å². The van der Waals surface area contributed by atoms with E-state index in [1.165, 1.54) is 5.56 Å². The fraction of sp³-hybridized carbons (Fsp3) is 0.643. The molecule has 2 N–H and O–H groups in total. The minimum Gasteiger partial charge on any atom is -0.354 e. The summed E-state index contributed by atoms with van der Waals surface area (Å²) in [5.74, 6) is 0.777. The summed E-state index contributed by atoms with van der Waals surface area (Å²) in [6.07, 6.45) is 0. The molecule has 4 nitrogen and oxygen atoms in total. The molecule has 0 radical (unpaired) electrons. The predicted molar refractivity (Wildman–Crippen MR) is 79.3 cm³/mol. The number of hydrogen-bond acceptors (Lipinski definition) is 4. The van der Waals surface area contributed by atoms with E-state index in [-0.39, 0.29) is 17.9 Å². The Morgan fingerprint density at radius 3 is 2.79 bits per heavy atom. The van der Waals surface area contributed by atoms with Gasteiger partial charge in [-0.2, -0.15) is 11.3 Å². The minimum absolute atomic E-state index is 0.103. The largest absolute Gasteiger partial charge is 0.354 e. The molecule has 5 heteroatoms. The SMILES string of the molecule is CC(C(=O)NCC(c1ccsc1)N(C)C)C1CNC1. The highest BCUT2D eigenvalue weighted by molar-refractivity contribution is 7.07. The first-order valence-electron chi connectivity index (χ1n) is 6.76. The van der Waals surface area contributed by atoms with Gasteiger partial charge in [0.05, 0.1) is 6.04 Å². The lowest BCUT2D eigenvalue weighted by atomic mass is 9.88. The maximum Gasteiger partial charge on any atom is 0.223 e. The molecule has 0 saturated carbocycles. The van der Waals surface area contributed by atoms with E-state index in [1.54, 1.807) is 11.3 Å². The molecular weight excluding hydrogens is 258 g/mol. The van der Waals surface area contributed by atoms with Crippen LogP contribution in [0.2, 0.25) is 0 Å². The van der Waals surface area contributed by atoms with Gasteiger partial charge in [-0.05, 0) is 55.5 Å². The summed E-state index contributed by atoms with van der Waals surface area (Å²) in [7, 11) is 4.10. The number of nitrogens with zero attached hydrogens (tertiary/aromatic N) is 1. The first-order chi connectivity index (χ1) is 9.09. The van der Waals surface area contributed by atoms with Crippen molar-refractivity contribution in [1.29, 1.82) is 0 Å². The number of carbonyl (C=O) groups is 1. The Labute approximate surface area is 119 Å². The van der Waals surface area contributed by atoms with E-state index in [0.29, 0.717) is 12.5 Å². The number of nitrogens with one attached hydrogen (secondary N) is 2. The zero-order chi connectivity index (χ0) is 13.8. The van der Waals surface area contributed by atoms with Crippen molar-refractivity contribution in [2.24, 2.45) is 11.8 Å². The highest BCUT2D eigenvalue weighted by atomic mass is 32.1. The van der Waals surface area contributed by atoms with E-state index < -0.39 is 0 Å². The van der Waals surface area contributed by atoms with Crippen molar-refractivity contribution in [3.05, 3.63) is 22.4 Å². The third kappa shape index (κ3) is 3.55. The third-order valence-corrected chi connectivity index (χ3v) is 4.66. The molecule has 1 aliphatic rings. The van der Waals surface area contributed by atoms with Gasteiger partial charge in [0, 0.05) is 12.5 Å². The first kappa shape index (κ1) is 14.5. The van der Waals surface area contributed by atoms with Gasteiger partial charge in [0.2, 0.25) is 5.91 Å². The van der Waals surface area contributed by atoms with E-state index >= 15 is 0 Å². The lowest BCUT2D eigenvalue weighted by Gasteiger charge is -2.32. The molecule has 2 rings (SSSR count). The van der Waals surface area contributed by atoms with Crippen LogP contribution in [-0.2, 0) is 4.79 Å². The summed E-state index contributed by atoms with van der Waals surface area (Å²) in [5, 5.41) is 10.5. The highest BCUT2D eigenvalue weighted by Crippen LogP contribution is 2.21. The molecule has 106 valence electrons. The fourth-order valence-corrected chi connectivity index (χ4v) is 3.01. The summed E-state index contributed by atoms with van der Waals surface area (Å²) in [4.78, 5) is 14.3. The predicted octanol–water partition coefficient (Wildman–Crippen LogP) is 1.32. The molecule has 0 aromatic carbocycles. The Balaban J connectivity index is 1.86. The standard InChI is InChI=1S/C14H23N3OS/c1-10(12-6-15-7-12)14(18)16-8-13(17(2)3)11-4-5-19-9-11/h4-5,9-10,12-13,15H,6-8H2,1-3H3,(H,16,18). The van der Waals surface area contributed by atoms with Gasteiger partial charge in [-0.3, -0.25) is 4.79 Å². The van der Waals surface area contributed by atoms with Crippen molar-refractivity contribution in [1.82, 2.24) is 15.5 Å². The van der Waals surface area contributed by atoms with Gasteiger partial charge in [0.1, 0.15) is 0 Å². The van der Waals surface area contributed by atoms with Crippen LogP contribution >= 0.6 is 11.3 Å². The quantitative estimate of drug-likeness (QED) is 0.826. The molecule has 0 aliphatic carbocycles. The van der Waals surface area contributed by atoms with Crippen LogP contribution in [0.15, 0.2) is 16.8 Å². The Kier molecular flexibility index (Phi) is 4.96. The Bertz CT molecular complexity index is 401. The number of rotatable bonds is 6. The molecule has 1 aromatic rings. The number of hydrogen-bond donors (Lipinski definition) is 2. The van der Waals surface area contributed by atoms with Crippen LogP contribution in [0.3, 0.4) is 0 Å². The van der Waals surface area contributed by atoms with Crippen LogP contribution in [0.5, 0.6) is 0 Å². The van der Waals surface area contributed by atoms with Crippen molar-refractivity contribution >= 4 is 17.2 Å². The third-order valence-electron chi connectivity index (χ3n) is 3.95. The molecule has 2 heterocycles. The molecule has 1 aliphatic heterocycles. The summed E-state index contributed by atoms with van der Waals surface area (Å²) < 4.78 is 0. The second-order valence-electron chi connectivity index (χ2n) is 5.49. The lowest BCUT2D eigenvalue weighted by molar-refractivity contribution is -0.126. The van der Waals surface area contributed by atoms with Gasteiger partial charge >= 0.3 is 0 Å². The molecule has 19 heavy (non-hydrogen) atoms. The average molecular weight is 281 g/mol. The van der Waals surface area contributed by atoms with E-state index in [4.69, 9.17) is 0 Å². The van der Waals surface area contributed by atoms with Crippen molar-refractivity contribution < 1.29 is 4.79 Å². The van der Waals surface area contributed by atoms with E-state index in [2.05, 4.69) is 32.4 Å². The zero-order valence-electron chi connectivity index (χ0n) is 11.8. The number of likely N-dealkylation sites (N-methyl/N-ethyl adjacent to an activating group) is 1. The maximum absolute atomic E-state index is 12.1. The van der Waals surface area contributed by atoms with Gasteiger partial charge in [-0.15, -0.1) is 0 Å². The van der Waals surface area contributed by atoms with Crippen LogP contribution < -0.4 is 10.6 Å². The molecule has 1 aromatic heterocycles. The second-order valence-corrected chi connectivity index (χ2v) is 6.27. The Hall–Kier alpha value is -0.910. The number of carbonyl (C=O) groups excluding carboxylic acids is 1. The Morgan fingerprint density at radius 2 is 2.32 bits per heavy atom. The number of thiophene rings is 1. The minimum atomic E-state index is 0.103. The van der Waals surface area contributed by atoms with Gasteiger partial charge in [-0.25, -0.2) is 0 Å². The van der Waals surface area contributed by atoms with Crippen LogP contribution in [0.25, 0.3) is 0 Å². The molecule has 0 spiro atoms. The second kappa shape index (κ2) is 6.50. The van der Waals surface area contributed by atoms with Gasteiger partial charge < -0.3 is 15.5 Å². The normalized spacial score (nSPS) is 18.9.